The molecule has 122 valence electrons. The van der Waals surface area contributed by atoms with Crippen LogP contribution in [0.4, 0.5) is 0 Å². The lowest BCUT2D eigenvalue weighted by Crippen LogP contribution is -2.24. The first-order chi connectivity index (χ1) is 11.0. The second kappa shape index (κ2) is 6.12. The Morgan fingerprint density at radius 2 is 2.04 bits per heavy atom. The summed E-state index contributed by atoms with van der Waals surface area (Å²) in [7, 11) is 1.87. The van der Waals surface area contributed by atoms with Crippen molar-refractivity contribution in [1.29, 1.82) is 0 Å². The van der Waals surface area contributed by atoms with Crippen LogP contribution >= 0.6 is 0 Å². The fourth-order valence-corrected chi connectivity index (χ4v) is 3.48. The Bertz CT molecular complexity index is 725. The summed E-state index contributed by atoms with van der Waals surface area (Å²) in [6.45, 7) is 5.81. The first kappa shape index (κ1) is 15.7. The van der Waals surface area contributed by atoms with Gasteiger partial charge in [-0.1, -0.05) is 24.3 Å². The Hall–Kier alpha value is -2.21. The molecule has 2 heterocycles. The molecule has 2 aromatic rings. The van der Waals surface area contributed by atoms with E-state index < -0.39 is 5.97 Å². The van der Waals surface area contributed by atoms with Crippen molar-refractivity contribution in [2.24, 2.45) is 13.0 Å². The minimum atomic E-state index is -0.727. The van der Waals surface area contributed by atoms with Crippen molar-refractivity contribution in [1.82, 2.24) is 19.7 Å². The average Bonchev–Trinajstić information content (AvgIpc) is 3.04. The van der Waals surface area contributed by atoms with Crippen LogP contribution in [0.25, 0.3) is 0 Å². The van der Waals surface area contributed by atoms with Gasteiger partial charge in [0.1, 0.15) is 11.6 Å². The molecule has 1 aliphatic heterocycles. The van der Waals surface area contributed by atoms with E-state index in [-0.39, 0.29) is 11.8 Å². The van der Waals surface area contributed by atoms with E-state index in [0.29, 0.717) is 13.1 Å². The maximum absolute atomic E-state index is 11.7. The van der Waals surface area contributed by atoms with Crippen LogP contribution < -0.4 is 0 Å². The molecule has 0 amide bonds. The number of carboxylic acids is 1. The number of aliphatic carboxylic acids is 1. The normalized spacial score (nSPS) is 21.7. The maximum atomic E-state index is 11.7. The smallest absolute Gasteiger partial charge is 0.308 e. The molecule has 1 fully saturated rings. The third-order valence-electron chi connectivity index (χ3n) is 4.62. The lowest BCUT2D eigenvalue weighted by atomic mass is 9.86. The zero-order valence-corrected chi connectivity index (χ0v) is 13.7. The molecule has 0 aliphatic carbocycles. The summed E-state index contributed by atoms with van der Waals surface area (Å²) < 4.78 is 1.77. The summed E-state index contributed by atoms with van der Waals surface area (Å²) in [6, 6.07) is 8.06. The number of benzene rings is 1. The minimum Gasteiger partial charge on any atom is -0.481 e. The molecule has 23 heavy (non-hydrogen) atoms. The molecule has 1 N–H and O–H groups in total. The van der Waals surface area contributed by atoms with E-state index in [2.05, 4.69) is 15.0 Å². The van der Waals surface area contributed by atoms with Gasteiger partial charge in [-0.3, -0.25) is 14.4 Å². The second-order valence-electron chi connectivity index (χ2n) is 6.30. The molecule has 1 aliphatic rings. The van der Waals surface area contributed by atoms with E-state index in [9.17, 15) is 9.90 Å². The molecule has 1 aromatic heterocycles. The van der Waals surface area contributed by atoms with Crippen molar-refractivity contribution < 1.29 is 9.90 Å². The zero-order chi connectivity index (χ0) is 16.6. The van der Waals surface area contributed by atoms with Crippen LogP contribution in [0.15, 0.2) is 24.3 Å². The maximum Gasteiger partial charge on any atom is 0.308 e. The number of likely N-dealkylation sites (tertiary alicyclic amines) is 1. The Labute approximate surface area is 135 Å². The predicted molar refractivity (Wildman–Crippen MR) is 86.1 cm³/mol. The van der Waals surface area contributed by atoms with Gasteiger partial charge in [-0.25, -0.2) is 4.98 Å². The Morgan fingerprint density at radius 3 is 2.65 bits per heavy atom. The fourth-order valence-electron chi connectivity index (χ4n) is 3.48. The summed E-state index contributed by atoms with van der Waals surface area (Å²) in [5.41, 5.74) is 2.29. The Kier molecular flexibility index (Phi) is 4.17. The van der Waals surface area contributed by atoms with Gasteiger partial charge in [-0.15, -0.1) is 0 Å². The van der Waals surface area contributed by atoms with Crippen molar-refractivity contribution in [3.63, 3.8) is 0 Å². The van der Waals surface area contributed by atoms with Crippen LogP contribution in [-0.2, 0) is 18.4 Å². The van der Waals surface area contributed by atoms with E-state index in [1.807, 2.05) is 45.2 Å². The molecule has 0 spiro atoms. The second-order valence-corrected chi connectivity index (χ2v) is 6.30. The average molecular weight is 314 g/mol. The highest BCUT2D eigenvalue weighted by Crippen LogP contribution is 2.35. The number of hydrogen-bond donors (Lipinski definition) is 1. The van der Waals surface area contributed by atoms with Crippen LogP contribution in [0.3, 0.4) is 0 Å². The fraction of sp³-hybridized carbons (Fsp3) is 0.471. The van der Waals surface area contributed by atoms with Gasteiger partial charge in [-0.05, 0) is 25.0 Å². The molecular weight excluding hydrogens is 292 g/mol. The number of carboxylic acid groups (broad SMARTS) is 1. The summed E-state index contributed by atoms with van der Waals surface area (Å²) in [6.07, 6.45) is 0. The zero-order valence-electron chi connectivity index (χ0n) is 13.7. The molecule has 0 radical (unpaired) electrons. The molecule has 1 saturated heterocycles. The molecule has 0 bridgehead atoms. The molecular formula is C17H22N4O2. The van der Waals surface area contributed by atoms with Gasteiger partial charge >= 0.3 is 5.97 Å². The largest absolute Gasteiger partial charge is 0.481 e. The van der Waals surface area contributed by atoms with Crippen LogP contribution in [0.2, 0.25) is 0 Å². The van der Waals surface area contributed by atoms with Gasteiger partial charge in [0.05, 0.1) is 12.5 Å². The first-order valence-electron chi connectivity index (χ1n) is 7.83. The third-order valence-corrected chi connectivity index (χ3v) is 4.62. The SMILES string of the molecule is Cc1nc(CN2C[C@@H](C(=O)O)[C@H](c3ccccc3C)C2)n(C)n1. The van der Waals surface area contributed by atoms with E-state index in [4.69, 9.17) is 0 Å². The molecule has 2 atom stereocenters. The van der Waals surface area contributed by atoms with Gasteiger partial charge in [0.25, 0.3) is 0 Å². The topological polar surface area (TPSA) is 71.2 Å². The highest BCUT2D eigenvalue weighted by atomic mass is 16.4. The minimum absolute atomic E-state index is 0.0167. The van der Waals surface area contributed by atoms with Crippen molar-refractivity contribution in [2.75, 3.05) is 13.1 Å². The van der Waals surface area contributed by atoms with Crippen LogP contribution in [0, 0.1) is 19.8 Å². The highest BCUT2D eigenvalue weighted by molar-refractivity contribution is 5.72. The summed E-state index contributed by atoms with van der Waals surface area (Å²) >= 11 is 0. The van der Waals surface area contributed by atoms with Crippen molar-refractivity contribution in [3.05, 3.63) is 47.0 Å². The molecule has 6 heteroatoms. The first-order valence-corrected chi connectivity index (χ1v) is 7.83. The molecule has 0 saturated carbocycles. The molecule has 0 unspecified atom stereocenters. The van der Waals surface area contributed by atoms with Gasteiger partial charge in [0.2, 0.25) is 0 Å². The third kappa shape index (κ3) is 3.12. The monoisotopic (exact) mass is 314 g/mol. The van der Waals surface area contributed by atoms with E-state index in [1.165, 1.54) is 0 Å². The van der Waals surface area contributed by atoms with Gasteiger partial charge in [0.15, 0.2) is 0 Å². The number of carbonyl (C=O) groups is 1. The van der Waals surface area contributed by atoms with Crippen LogP contribution in [0.1, 0.15) is 28.7 Å². The van der Waals surface area contributed by atoms with Crippen LogP contribution in [0.5, 0.6) is 0 Å². The molecule has 3 rings (SSSR count). The summed E-state index contributed by atoms with van der Waals surface area (Å²) in [4.78, 5) is 18.3. The quantitative estimate of drug-likeness (QED) is 0.930. The van der Waals surface area contributed by atoms with Crippen molar-refractivity contribution in [2.45, 2.75) is 26.3 Å². The summed E-state index contributed by atoms with van der Waals surface area (Å²) in [5, 5.41) is 13.9. The number of hydrogen-bond acceptors (Lipinski definition) is 4. The van der Waals surface area contributed by atoms with Gasteiger partial charge in [-0.2, -0.15) is 5.10 Å². The number of aromatic nitrogens is 3. The van der Waals surface area contributed by atoms with Crippen LogP contribution in [-0.4, -0.2) is 43.8 Å². The van der Waals surface area contributed by atoms with Gasteiger partial charge < -0.3 is 5.11 Å². The lowest BCUT2D eigenvalue weighted by molar-refractivity contribution is -0.141. The lowest BCUT2D eigenvalue weighted by Gasteiger charge is -2.17. The summed E-state index contributed by atoms with van der Waals surface area (Å²) in [5.74, 6) is 0.521. The Morgan fingerprint density at radius 1 is 1.30 bits per heavy atom. The van der Waals surface area contributed by atoms with E-state index >= 15 is 0 Å². The Balaban J connectivity index is 1.83. The molecule has 6 nitrogen and oxygen atoms in total. The van der Waals surface area contributed by atoms with Gasteiger partial charge in [0, 0.05) is 26.1 Å². The van der Waals surface area contributed by atoms with E-state index in [1.54, 1.807) is 4.68 Å². The van der Waals surface area contributed by atoms with Crippen molar-refractivity contribution in [3.8, 4) is 0 Å². The van der Waals surface area contributed by atoms with Crippen molar-refractivity contribution >= 4 is 5.97 Å². The standard InChI is InChI=1S/C17H22N4O2/c1-11-6-4-5-7-13(11)14-8-21(9-15(14)17(22)23)10-16-18-12(2)19-20(16)3/h4-7,14-15H,8-10H2,1-3H3,(H,22,23)/t14-,15+/m0/s1. The number of aryl methyl sites for hydroxylation is 3. The molecule has 1 aromatic carbocycles. The predicted octanol–water partition coefficient (Wildman–Crippen LogP) is 1.73. The number of nitrogens with zero attached hydrogens (tertiary/aromatic N) is 4. The van der Waals surface area contributed by atoms with E-state index in [0.717, 1.165) is 29.3 Å². The highest BCUT2D eigenvalue weighted by Gasteiger charge is 2.39. The number of rotatable bonds is 4.